The van der Waals surface area contributed by atoms with Gasteiger partial charge in [-0.15, -0.1) is 0 Å². The second-order valence-electron chi connectivity index (χ2n) is 5.26. The second-order valence-corrected chi connectivity index (χ2v) is 5.26. The van der Waals surface area contributed by atoms with Crippen LogP contribution in [0, 0.1) is 0 Å². The Morgan fingerprint density at radius 3 is 2.55 bits per heavy atom. The minimum atomic E-state index is -0.729. The van der Waals surface area contributed by atoms with Gasteiger partial charge in [0.2, 0.25) is 5.91 Å². The Morgan fingerprint density at radius 2 is 2.00 bits per heavy atom. The molecule has 4 N–H and O–H groups in total. The summed E-state index contributed by atoms with van der Waals surface area (Å²) in [6, 6.07) is 1.18. The van der Waals surface area contributed by atoms with Crippen molar-refractivity contribution in [1.29, 1.82) is 0 Å². The summed E-state index contributed by atoms with van der Waals surface area (Å²) in [5, 5.41) is 5.25. The van der Waals surface area contributed by atoms with Crippen molar-refractivity contribution in [2.75, 3.05) is 24.3 Å². The second kappa shape index (κ2) is 6.18. The molecular weight excluding hydrogens is 260 g/mol. The molecule has 0 saturated carbocycles. The third-order valence-electron chi connectivity index (χ3n) is 2.42. The quantitative estimate of drug-likeness (QED) is 0.718. The van der Waals surface area contributed by atoms with Crippen LogP contribution < -0.4 is 21.3 Å². The van der Waals surface area contributed by atoms with Crippen LogP contribution in [0.5, 0.6) is 0 Å². The molecule has 0 aromatic carbocycles. The SMILES string of the molecule is CN(C)c1cc(NC(=O)NC(C)(C)CC(N)=O)ncn1. The summed E-state index contributed by atoms with van der Waals surface area (Å²) in [7, 11) is 3.67. The monoisotopic (exact) mass is 280 g/mol. The predicted octanol–water partition coefficient (Wildman–Crippen LogP) is 0.318. The Bertz CT molecular complexity index is 500. The molecule has 0 aliphatic rings. The first kappa shape index (κ1) is 15.7. The molecule has 0 atom stereocenters. The lowest BCUT2D eigenvalue weighted by Gasteiger charge is -2.24. The molecule has 0 radical (unpaired) electrons. The zero-order chi connectivity index (χ0) is 15.3. The molecule has 3 amide bonds. The molecule has 0 spiro atoms. The molecule has 8 heteroatoms. The van der Waals surface area contributed by atoms with Crippen LogP contribution in [0.2, 0.25) is 0 Å². The number of nitrogens with zero attached hydrogens (tertiary/aromatic N) is 3. The van der Waals surface area contributed by atoms with Crippen LogP contribution in [0.3, 0.4) is 0 Å². The van der Waals surface area contributed by atoms with E-state index in [1.165, 1.54) is 6.33 Å². The van der Waals surface area contributed by atoms with Gasteiger partial charge in [0.1, 0.15) is 18.0 Å². The van der Waals surface area contributed by atoms with Crippen molar-refractivity contribution in [1.82, 2.24) is 15.3 Å². The summed E-state index contributed by atoms with van der Waals surface area (Å²) in [5.41, 5.74) is 4.39. The number of urea groups is 1. The van der Waals surface area contributed by atoms with Gasteiger partial charge in [0.15, 0.2) is 0 Å². The maximum absolute atomic E-state index is 11.8. The molecule has 1 aromatic rings. The van der Waals surface area contributed by atoms with E-state index in [4.69, 9.17) is 5.73 Å². The third kappa shape index (κ3) is 5.09. The number of anilines is 2. The number of nitrogens with one attached hydrogen (secondary N) is 2. The molecule has 0 unspecified atom stereocenters. The standard InChI is InChI=1S/C12H20N6O2/c1-12(2,6-8(13)19)17-11(20)16-9-5-10(18(3)4)15-7-14-9/h5,7H,6H2,1-4H3,(H2,13,19)(H2,14,15,16,17,20). The fourth-order valence-electron chi connectivity index (χ4n) is 1.59. The number of aromatic nitrogens is 2. The lowest BCUT2D eigenvalue weighted by Crippen LogP contribution is -2.47. The Kier molecular flexibility index (Phi) is 4.84. The first-order chi connectivity index (χ1) is 9.19. The van der Waals surface area contributed by atoms with Gasteiger partial charge >= 0.3 is 6.03 Å². The summed E-state index contributed by atoms with van der Waals surface area (Å²) in [6.07, 6.45) is 1.41. The van der Waals surface area contributed by atoms with Crippen molar-refractivity contribution in [3.63, 3.8) is 0 Å². The van der Waals surface area contributed by atoms with E-state index in [9.17, 15) is 9.59 Å². The van der Waals surface area contributed by atoms with Crippen LogP contribution in [-0.2, 0) is 4.79 Å². The van der Waals surface area contributed by atoms with E-state index in [1.807, 2.05) is 14.1 Å². The molecule has 20 heavy (non-hydrogen) atoms. The first-order valence-electron chi connectivity index (χ1n) is 6.06. The number of carbonyl (C=O) groups excluding carboxylic acids is 2. The van der Waals surface area contributed by atoms with Gasteiger partial charge in [0.25, 0.3) is 0 Å². The highest BCUT2D eigenvalue weighted by molar-refractivity contribution is 5.89. The van der Waals surface area contributed by atoms with E-state index in [2.05, 4.69) is 20.6 Å². The fourth-order valence-corrected chi connectivity index (χ4v) is 1.59. The van der Waals surface area contributed by atoms with Gasteiger partial charge < -0.3 is 16.0 Å². The van der Waals surface area contributed by atoms with Crippen LogP contribution >= 0.6 is 0 Å². The van der Waals surface area contributed by atoms with Gasteiger partial charge in [0.05, 0.1) is 0 Å². The average molecular weight is 280 g/mol. The van der Waals surface area contributed by atoms with Crippen molar-refractivity contribution in [2.45, 2.75) is 25.8 Å². The van der Waals surface area contributed by atoms with Crippen LogP contribution in [0.15, 0.2) is 12.4 Å². The number of amides is 3. The van der Waals surface area contributed by atoms with Gasteiger partial charge in [-0.3, -0.25) is 10.1 Å². The lowest BCUT2D eigenvalue weighted by atomic mass is 10.0. The molecular formula is C12H20N6O2. The minimum Gasteiger partial charge on any atom is -0.370 e. The number of primary amides is 1. The number of rotatable bonds is 5. The smallest absolute Gasteiger partial charge is 0.320 e. The minimum absolute atomic E-state index is 0.0488. The van der Waals surface area contributed by atoms with Crippen molar-refractivity contribution in [3.8, 4) is 0 Å². The van der Waals surface area contributed by atoms with Crippen LogP contribution in [0.25, 0.3) is 0 Å². The molecule has 1 heterocycles. The maximum atomic E-state index is 11.8. The summed E-state index contributed by atoms with van der Waals surface area (Å²) in [6.45, 7) is 3.42. The molecule has 1 aromatic heterocycles. The predicted molar refractivity (Wildman–Crippen MR) is 76.4 cm³/mol. The number of hydrogen-bond donors (Lipinski definition) is 3. The summed E-state index contributed by atoms with van der Waals surface area (Å²) < 4.78 is 0. The van der Waals surface area contributed by atoms with E-state index < -0.39 is 17.5 Å². The van der Waals surface area contributed by atoms with E-state index in [-0.39, 0.29) is 6.42 Å². The zero-order valence-corrected chi connectivity index (χ0v) is 12.1. The van der Waals surface area contributed by atoms with Crippen LogP contribution in [0.4, 0.5) is 16.4 Å². The first-order valence-corrected chi connectivity index (χ1v) is 6.06. The van der Waals surface area contributed by atoms with Gasteiger partial charge in [-0.05, 0) is 13.8 Å². The summed E-state index contributed by atoms with van der Waals surface area (Å²) >= 11 is 0. The van der Waals surface area contributed by atoms with Gasteiger partial charge in [-0.2, -0.15) is 0 Å². The normalized spacial score (nSPS) is 10.8. The molecule has 0 fully saturated rings. The summed E-state index contributed by atoms with van der Waals surface area (Å²) in [4.78, 5) is 32.5. The van der Waals surface area contributed by atoms with Crippen LogP contribution in [-0.4, -0.2) is 41.5 Å². The molecule has 110 valence electrons. The Hall–Kier alpha value is -2.38. The highest BCUT2D eigenvalue weighted by Gasteiger charge is 2.23. The average Bonchev–Trinajstić information content (AvgIpc) is 2.25. The largest absolute Gasteiger partial charge is 0.370 e. The number of hydrogen-bond acceptors (Lipinski definition) is 5. The maximum Gasteiger partial charge on any atom is 0.320 e. The van der Waals surface area contributed by atoms with Gasteiger partial charge in [0, 0.05) is 32.1 Å². The molecule has 0 bridgehead atoms. The highest BCUT2D eigenvalue weighted by Crippen LogP contribution is 2.12. The van der Waals surface area contributed by atoms with Crippen molar-refractivity contribution in [2.24, 2.45) is 5.73 Å². The topological polar surface area (TPSA) is 113 Å². The molecule has 8 nitrogen and oxygen atoms in total. The van der Waals surface area contributed by atoms with Gasteiger partial charge in [-0.1, -0.05) is 0 Å². The Morgan fingerprint density at radius 1 is 1.35 bits per heavy atom. The fraction of sp³-hybridized carbons (Fsp3) is 0.500. The van der Waals surface area contributed by atoms with Gasteiger partial charge in [-0.25, -0.2) is 14.8 Å². The highest BCUT2D eigenvalue weighted by atomic mass is 16.2. The molecule has 1 rings (SSSR count). The Labute approximate surface area is 117 Å². The van der Waals surface area contributed by atoms with E-state index in [0.29, 0.717) is 11.6 Å². The van der Waals surface area contributed by atoms with Crippen molar-refractivity contribution in [3.05, 3.63) is 12.4 Å². The lowest BCUT2D eigenvalue weighted by molar-refractivity contribution is -0.119. The Balaban J connectivity index is 2.67. The van der Waals surface area contributed by atoms with Crippen molar-refractivity contribution >= 4 is 23.6 Å². The summed E-state index contributed by atoms with van der Waals surface area (Å²) in [5.74, 6) is 0.565. The van der Waals surface area contributed by atoms with E-state index in [0.717, 1.165) is 0 Å². The third-order valence-corrected chi connectivity index (χ3v) is 2.42. The molecule has 0 aliphatic heterocycles. The van der Waals surface area contributed by atoms with Crippen LogP contribution in [0.1, 0.15) is 20.3 Å². The molecule has 0 saturated heterocycles. The van der Waals surface area contributed by atoms with Crippen molar-refractivity contribution < 1.29 is 9.59 Å². The number of nitrogens with two attached hydrogens (primary N) is 1. The number of carbonyl (C=O) groups is 2. The van der Waals surface area contributed by atoms with E-state index in [1.54, 1.807) is 24.8 Å². The zero-order valence-electron chi connectivity index (χ0n) is 12.1. The van der Waals surface area contributed by atoms with E-state index >= 15 is 0 Å². The molecule has 0 aliphatic carbocycles.